The fourth-order valence-electron chi connectivity index (χ4n) is 3.40. The number of aryl methyl sites for hydroxylation is 1. The topological polar surface area (TPSA) is 30.9 Å². The summed E-state index contributed by atoms with van der Waals surface area (Å²) >= 11 is 0. The van der Waals surface area contributed by atoms with Crippen LogP contribution in [0.15, 0.2) is 29.3 Å². The van der Waals surface area contributed by atoms with E-state index < -0.39 is 0 Å². The van der Waals surface area contributed by atoms with E-state index in [1.165, 1.54) is 37.1 Å². The van der Waals surface area contributed by atoms with Crippen LogP contribution in [0.25, 0.3) is 0 Å². The van der Waals surface area contributed by atoms with Crippen LogP contribution in [0.5, 0.6) is 0 Å². The fourth-order valence-corrected chi connectivity index (χ4v) is 3.40. The van der Waals surface area contributed by atoms with Gasteiger partial charge >= 0.3 is 0 Å². The van der Waals surface area contributed by atoms with E-state index in [1.807, 2.05) is 7.05 Å². The molecule has 4 nitrogen and oxygen atoms in total. The molecule has 0 radical (unpaired) electrons. The Morgan fingerprint density at radius 2 is 2.00 bits per heavy atom. The maximum Gasteiger partial charge on any atom is 0.193 e. The molecule has 0 bridgehead atoms. The second kappa shape index (κ2) is 11.0. The average Bonchev–Trinajstić information content (AvgIpc) is 2.57. The Morgan fingerprint density at radius 1 is 1.32 bits per heavy atom. The number of piperidine rings is 1. The van der Waals surface area contributed by atoms with Gasteiger partial charge in [0.15, 0.2) is 5.96 Å². The standard InChI is InChI=1S/C20H34N4.HI/c1-16(2)24-12-6-7-19(15-24)13-22-20(21-4)23(5)14-18-10-8-17(3)9-11-18;/h8-11,16,19H,6-7,12-15H2,1-5H3,(H,21,22);1H. The van der Waals surface area contributed by atoms with Gasteiger partial charge in [0.25, 0.3) is 0 Å². The summed E-state index contributed by atoms with van der Waals surface area (Å²) in [4.78, 5) is 9.25. The van der Waals surface area contributed by atoms with E-state index in [1.54, 1.807) is 0 Å². The van der Waals surface area contributed by atoms with Crippen LogP contribution >= 0.6 is 24.0 Å². The lowest BCUT2D eigenvalue weighted by Gasteiger charge is -2.36. The molecule has 0 aromatic heterocycles. The summed E-state index contributed by atoms with van der Waals surface area (Å²) in [5.41, 5.74) is 2.62. The number of hydrogen-bond acceptors (Lipinski definition) is 2. The Balaban J connectivity index is 0.00000312. The van der Waals surface area contributed by atoms with Gasteiger partial charge in [-0.05, 0) is 51.6 Å². The number of likely N-dealkylation sites (tertiary alicyclic amines) is 1. The van der Waals surface area contributed by atoms with E-state index in [2.05, 4.69) is 72.2 Å². The lowest BCUT2D eigenvalue weighted by molar-refractivity contribution is 0.140. The lowest BCUT2D eigenvalue weighted by Crippen LogP contribution is -2.46. The van der Waals surface area contributed by atoms with Crippen molar-refractivity contribution >= 4 is 29.9 Å². The van der Waals surface area contributed by atoms with Crippen molar-refractivity contribution in [3.8, 4) is 0 Å². The van der Waals surface area contributed by atoms with Gasteiger partial charge in [0.1, 0.15) is 0 Å². The molecule has 1 fully saturated rings. The third-order valence-electron chi connectivity index (χ3n) is 4.94. The number of nitrogens with zero attached hydrogens (tertiary/aromatic N) is 3. The fraction of sp³-hybridized carbons (Fsp3) is 0.650. The number of rotatable bonds is 5. The third-order valence-corrected chi connectivity index (χ3v) is 4.94. The lowest BCUT2D eigenvalue weighted by atomic mass is 9.97. The molecule has 2 rings (SSSR count). The predicted molar refractivity (Wildman–Crippen MR) is 119 cm³/mol. The first-order valence-corrected chi connectivity index (χ1v) is 9.21. The highest BCUT2D eigenvalue weighted by Crippen LogP contribution is 2.17. The average molecular weight is 458 g/mol. The van der Waals surface area contributed by atoms with Crippen molar-refractivity contribution < 1.29 is 0 Å². The largest absolute Gasteiger partial charge is 0.356 e. The second-order valence-electron chi connectivity index (χ2n) is 7.37. The van der Waals surface area contributed by atoms with E-state index in [-0.39, 0.29) is 24.0 Å². The summed E-state index contributed by atoms with van der Waals surface area (Å²) < 4.78 is 0. The Labute approximate surface area is 171 Å². The first kappa shape index (κ1) is 22.2. The summed E-state index contributed by atoms with van der Waals surface area (Å²) in [5, 5.41) is 3.58. The van der Waals surface area contributed by atoms with E-state index in [0.717, 1.165) is 19.0 Å². The molecular weight excluding hydrogens is 423 g/mol. The molecular formula is C20H35IN4. The summed E-state index contributed by atoms with van der Waals surface area (Å²) in [5.74, 6) is 1.70. The summed E-state index contributed by atoms with van der Waals surface area (Å²) in [6, 6.07) is 9.38. The predicted octanol–water partition coefficient (Wildman–Crippen LogP) is 3.74. The zero-order valence-electron chi connectivity index (χ0n) is 16.5. The van der Waals surface area contributed by atoms with E-state index in [0.29, 0.717) is 12.0 Å². The highest BCUT2D eigenvalue weighted by molar-refractivity contribution is 14.0. The summed E-state index contributed by atoms with van der Waals surface area (Å²) in [6.07, 6.45) is 2.62. The minimum absolute atomic E-state index is 0. The van der Waals surface area contributed by atoms with Crippen LogP contribution < -0.4 is 5.32 Å². The van der Waals surface area contributed by atoms with Crippen LogP contribution in [0.1, 0.15) is 37.8 Å². The van der Waals surface area contributed by atoms with Crippen LogP contribution in [0.2, 0.25) is 0 Å². The number of hydrogen-bond donors (Lipinski definition) is 1. The molecule has 0 aliphatic carbocycles. The molecule has 1 aromatic rings. The molecule has 1 aromatic carbocycles. The van der Waals surface area contributed by atoms with Gasteiger partial charge < -0.3 is 15.1 Å². The number of benzene rings is 1. The van der Waals surface area contributed by atoms with Gasteiger partial charge in [-0.15, -0.1) is 24.0 Å². The molecule has 0 amide bonds. The van der Waals surface area contributed by atoms with Crippen molar-refractivity contribution in [2.24, 2.45) is 10.9 Å². The van der Waals surface area contributed by atoms with Crippen molar-refractivity contribution in [1.29, 1.82) is 0 Å². The van der Waals surface area contributed by atoms with Crippen molar-refractivity contribution in [2.45, 2.75) is 46.2 Å². The van der Waals surface area contributed by atoms with Gasteiger partial charge in [0, 0.05) is 39.8 Å². The van der Waals surface area contributed by atoms with Crippen molar-refractivity contribution in [1.82, 2.24) is 15.1 Å². The highest BCUT2D eigenvalue weighted by Gasteiger charge is 2.22. The van der Waals surface area contributed by atoms with Crippen LogP contribution in [0.4, 0.5) is 0 Å². The minimum Gasteiger partial charge on any atom is -0.356 e. The molecule has 1 heterocycles. The van der Waals surface area contributed by atoms with Gasteiger partial charge in [-0.25, -0.2) is 0 Å². The first-order valence-electron chi connectivity index (χ1n) is 9.21. The van der Waals surface area contributed by atoms with Crippen LogP contribution in [0.3, 0.4) is 0 Å². The zero-order chi connectivity index (χ0) is 17.5. The number of aliphatic imine (C=N–C) groups is 1. The maximum atomic E-state index is 4.46. The van der Waals surface area contributed by atoms with Gasteiger partial charge in [0.05, 0.1) is 0 Å². The molecule has 0 spiro atoms. The van der Waals surface area contributed by atoms with E-state index in [4.69, 9.17) is 0 Å². The first-order chi connectivity index (χ1) is 11.5. The zero-order valence-corrected chi connectivity index (χ0v) is 18.8. The molecule has 1 unspecified atom stereocenters. The quantitative estimate of drug-likeness (QED) is 0.415. The van der Waals surface area contributed by atoms with E-state index in [9.17, 15) is 0 Å². The van der Waals surface area contributed by atoms with Gasteiger partial charge in [0.2, 0.25) is 0 Å². The molecule has 1 aliphatic rings. The molecule has 1 atom stereocenters. The molecule has 1 aliphatic heterocycles. The number of halogens is 1. The molecule has 1 saturated heterocycles. The Bertz CT molecular complexity index is 527. The minimum atomic E-state index is 0. The maximum absolute atomic E-state index is 4.46. The molecule has 142 valence electrons. The SMILES string of the molecule is CN=C(NCC1CCCN(C(C)C)C1)N(C)Cc1ccc(C)cc1.I. The van der Waals surface area contributed by atoms with Gasteiger partial charge in [-0.3, -0.25) is 4.99 Å². The van der Waals surface area contributed by atoms with Crippen LogP contribution in [0, 0.1) is 12.8 Å². The van der Waals surface area contributed by atoms with Crippen molar-refractivity contribution in [3.63, 3.8) is 0 Å². The summed E-state index contributed by atoms with van der Waals surface area (Å²) in [7, 11) is 3.98. The molecule has 0 saturated carbocycles. The molecule has 1 N–H and O–H groups in total. The number of nitrogens with one attached hydrogen (secondary N) is 1. The Kier molecular flexibility index (Phi) is 9.79. The summed E-state index contributed by atoms with van der Waals surface area (Å²) in [6.45, 7) is 11.0. The molecule has 25 heavy (non-hydrogen) atoms. The van der Waals surface area contributed by atoms with Crippen molar-refractivity contribution in [2.75, 3.05) is 33.7 Å². The van der Waals surface area contributed by atoms with Crippen LogP contribution in [-0.2, 0) is 6.54 Å². The highest BCUT2D eigenvalue weighted by atomic mass is 127. The molecule has 5 heteroatoms. The number of guanidine groups is 1. The van der Waals surface area contributed by atoms with Crippen molar-refractivity contribution in [3.05, 3.63) is 35.4 Å². The van der Waals surface area contributed by atoms with Gasteiger partial charge in [-0.2, -0.15) is 0 Å². The van der Waals surface area contributed by atoms with Gasteiger partial charge in [-0.1, -0.05) is 29.8 Å². The monoisotopic (exact) mass is 458 g/mol. The normalized spacial score (nSPS) is 18.8. The third kappa shape index (κ3) is 7.13. The van der Waals surface area contributed by atoms with Crippen LogP contribution in [-0.4, -0.2) is 55.5 Å². The van der Waals surface area contributed by atoms with E-state index >= 15 is 0 Å². The Hall–Kier alpha value is -0.820. The Morgan fingerprint density at radius 3 is 2.60 bits per heavy atom. The second-order valence-corrected chi connectivity index (χ2v) is 7.37. The smallest absolute Gasteiger partial charge is 0.193 e.